The Bertz CT molecular complexity index is 445. The molecule has 1 fully saturated rings. The molecule has 2 atom stereocenters. The topological polar surface area (TPSA) is 69.6 Å². The third kappa shape index (κ3) is 2.68. The lowest BCUT2D eigenvalue weighted by molar-refractivity contribution is -0.128. The van der Waals surface area contributed by atoms with Crippen molar-refractivity contribution in [1.29, 1.82) is 0 Å². The number of carbonyl (C=O) groups excluding carboxylic acids is 2. The minimum absolute atomic E-state index is 0.0377. The molecule has 96 valence electrons. The molecule has 0 radical (unpaired) electrons. The number of aliphatic hydroxyl groups excluding tert-OH is 1. The molecule has 0 aromatic heterocycles. The highest BCUT2D eigenvalue weighted by Gasteiger charge is 2.38. The predicted molar refractivity (Wildman–Crippen MR) is 65.9 cm³/mol. The number of hydrogen-bond acceptors (Lipinski definition) is 3. The van der Waals surface area contributed by atoms with Crippen LogP contribution in [0.3, 0.4) is 0 Å². The Balaban J connectivity index is 2.04. The zero-order valence-corrected chi connectivity index (χ0v) is 10.2. The molecule has 18 heavy (non-hydrogen) atoms. The fraction of sp³-hybridized carbons (Fsp3) is 0.385. The molecule has 5 nitrogen and oxygen atoms in total. The van der Waals surface area contributed by atoms with Gasteiger partial charge in [0.25, 0.3) is 5.91 Å². The van der Waals surface area contributed by atoms with Crippen molar-refractivity contribution in [2.45, 2.75) is 25.5 Å². The minimum atomic E-state index is -0.713. The summed E-state index contributed by atoms with van der Waals surface area (Å²) in [6.45, 7) is 1.58. The highest BCUT2D eigenvalue weighted by atomic mass is 16.3. The molecule has 5 heteroatoms. The quantitative estimate of drug-likeness (QED) is 0.764. The molecule has 0 saturated carbocycles. The fourth-order valence-electron chi connectivity index (χ4n) is 2.00. The number of nitrogens with zero attached hydrogens (tertiary/aromatic N) is 1. The minimum Gasteiger partial charge on any atom is -0.392 e. The number of benzene rings is 1. The summed E-state index contributed by atoms with van der Waals surface area (Å²) in [6.07, 6.45) is -0.239. The van der Waals surface area contributed by atoms with Gasteiger partial charge in [0.15, 0.2) is 0 Å². The van der Waals surface area contributed by atoms with E-state index in [1.807, 2.05) is 30.3 Å². The van der Waals surface area contributed by atoms with Gasteiger partial charge in [-0.25, -0.2) is 4.79 Å². The Morgan fingerprint density at radius 1 is 1.33 bits per heavy atom. The molecule has 0 aliphatic carbocycles. The van der Waals surface area contributed by atoms with E-state index >= 15 is 0 Å². The second kappa shape index (κ2) is 5.18. The van der Waals surface area contributed by atoms with E-state index in [9.17, 15) is 14.7 Å². The standard InChI is InChI=1S/C13H16N2O3/c1-9(16)8-15-12(17)11(14-13(15)18)7-10-5-3-2-4-6-10/h2-6,9,11,16H,7-8H2,1H3,(H,14,18)/t9-,11+/m0/s1. The predicted octanol–water partition coefficient (Wildman–Crippen LogP) is 0.530. The van der Waals surface area contributed by atoms with Crippen LogP contribution in [0.2, 0.25) is 0 Å². The van der Waals surface area contributed by atoms with Gasteiger partial charge < -0.3 is 10.4 Å². The monoisotopic (exact) mass is 248 g/mol. The van der Waals surface area contributed by atoms with Gasteiger partial charge in [0.1, 0.15) is 6.04 Å². The Hall–Kier alpha value is -1.88. The van der Waals surface area contributed by atoms with Crippen molar-refractivity contribution < 1.29 is 14.7 Å². The number of β-amino-alcohol motifs (C(OH)–C–C–N with tert-alkyl or cyclic N) is 1. The van der Waals surface area contributed by atoms with Crippen LogP contribution in [0.5, 0.6) is 0 Å². The van der Waals surface area contributed by atoms with Gasteiger partial charge in [0.2, 0.25) is 0 Å². The molecule has 2 N–H and O–H groups in total. The zero-order chi connectivity index (χ0) is 13.1. The van der Waals surface area contributed by atoms with Crippen molar-refractivity contribution in [2.75, 3.05) is 6.54 Å². The van der Waals surface area contributed by atoms with Crippen molar-refractivity contribution in [3.63, 3.8) is 0 Å². The second-order valence-corrected chi connectivity index (χ2v) is 4.49. The summed E-state index contributed by atoms with van der Waals surface area (Å²) in [6, 6.07) is 8.56. The summed E-state index contributed by atoms with van der Waals surface area (Å²) >= 11 is 0. The number of nitrogens with one attached hydrogen (secondary N) is 1. The highest BCUT2D eigenvalue weighted by Crippen LogP contribution is 2.12. The third-order valence-corrected chi connectivity index (χ3v) is 2.84. The van der Waals surface area contributed by atoms with Crippen LogP contribution in [0.15, 0.2) is 30.3 Å². The first-order chi connectivity index (χ1) is 8.58. The summed E-state index contributed by atoms with van der Waals surface area (Å²) in [5.74, 6) is -0.273. The van der Waals surface area contributed by atoms with Crippen LogP contribution < -0.4 is 5.32 Å². The lowest BCUT2D eigenvalue weighted by Gasteiger charge is -2.14. The summed E-state index contributed by atoms with van der Waals surface area (Å²) in [4.78, 5) is 24.7. The lowest BCUT2D eigenvalue weighted by Crippen LogP contribution is -2.37. The SMILES string of the molecule is C[C@H](O)CN1C(=O)N[C@H](Cc2ccccc2)C1=O. The Morgan fingerprint density at radius 3 is 2.61 bits per heavy atom. The van der Waals surface area contributed by atoms with E-state index in [-0.39, 0.29) is 12.5 Å². The second-order valence-electron chi connectivity index (χ2n) is 4.49. The van der Waals surface area contributed by atoms with Gasteiger partial charge in [-0.05, 0) is 12.5 Å². The van der Waals surface area contributed by atoms with Gasteiger partial charge >= 0.3 is 6.03 Å². The number of carbonyl (C=O) groups is 2. The Morgan fingerprint density at radius 2 is 2.00 bits per heavy atom. The van der Waals surface area contributed by atoms with Gasteiger partial charge in [0, 0.05) is 6.42 Å². The highest BCUT2D eigenvalue weighted by molar-refractivity contribution is 6.04. The summed E-state index contributed by atoms with van der Waals surface area (Å²) < 4.78 is 0. The van der Waals surface area contributed by atoms with Crippen molar-refractivity contribution in [3.05, 3.63) is 35.9 Å². The number of amides is 3. The van der Waals surface area contributed by atoms with Gasteiger partial charge in [0.05, 0.1) is 12.6 Å². The largest absolute Gasteiger partial charge is 0.392 e. The normalized spacial score (nSPS) is 21.0. The fourth-order valence-corrected chi connectivity index (χ4v) is 2.00. The van der Waals surface area contributed by atoms with E-state index in [4.69, 9.17) is 0 Å². The summed E-state index contributed by atoms with van der Waals surface area (Å²) in [7, 11) is 0. The van der Waals surface area contributed by atoms with Gasteiger partial charge in [-0.2, -0.15) is 0 Å². The first kappa shape index (κ1) is 12.6. The molecule has 1 aliphatic heterocycles. The van der Waals surface area contributed by atoms with Crippen molar-refractivity contribution in [2.24, 2.45) is 0 Å². The molecular formula is C13H16N2O3. The first-order valence-electron chi connectivity index (χ1n) is 5.92. The first-order valence-corrected chi connectivity index (χ1v) is 5.92. The molecule has 0 unspecified atom stereocenters. The van der Waals surface area contributed by atoms with E-state index in [1.165, 1.54) is 0 Å². The van der Waals surface area contributed by atoms with Crippen LogP contribution in [-0.2, 0) is 11.2 Å². The van der Waals surface area contributed by atoms with Crippen molar-refractivity contribution in [3.8, 4) is 0 Å². The van der Waals surface area contributed by atoms with Gasteiger partial charge in [-0.15, -0.1) is 0 Å². The molecule has 0 spiro atoms. The van der Waals surface area contributed by atoms with E-state index in [0.29, 0.717) is 6.42 Å². The number of hydrogen-bond donors (Lipinski definition) is 2. The molecule has 1 aromatic carbocycles. The molecule has 1 heterocycles. The average molecular weight is 248 g/mol. The van der Waals surface area contributed by atoms with Crippen LogP contribution in [0.25, 0.3) is 0 Å². The molecule has 1 aliphatic rings. The zero-order valence-electron chi connectivity index (χ0n) is 10.2. The molecule has 2 rings (SSSR count). The van der Waals surface area contributed by atoms with Crippen LogP contribution in [0, 0.1) is 0 Å². The van der Waals surface area contributed by atoms with Crippen molar-refractivity contribution in [1.82, 2.24) is 10.2 Å². The summed E-state index contributed by atoms with van der Waals surface area (Å²) in [5.41, 5.74) is 0.995. The van der Waals surface area contributed by atoms with E-state index in [0.717, 1.165) is 10.5 Å². The molecular weight excluding hydrogens is 232 g/mol. The maximum atomic E-state index is 12.0. The van der Waals surface area contributed by atoms with E-state index < -0.39 is 18.2 Å². The van der Waals surface area contributed by atoms with Crippen molar-refractivity contribution >= 4 is 11.9 Å². The third-order valence-electron chi connectivity index (χ3n) is 2.84. The molecule has 1 aromatic rings. The smallest absolute Gasteiger partial charge is 0.324 e. The Kier molecular flexibility index (Phi) is 3.62. The van der Waals surface area contributed by atoms with Crippen LogP contribution in [0.4, 0.5) is 4.79 Å². The van der Waals surface area contributed by atoms with E-state index in [1.54, 1.807) is 6.92 Å². The van der Waals surface area contributed by atoms with Gasteiger partial charge in [-0.1, -0.05) is 30.3 Å². The number of imide groups is 1. The Labute approximate surface area is 105 Å². The van der Waals surface area contributed by atoms with Crippen LogP contribution >= 0.6 is 0 Å². The number of aliphatic hydroxyl groups is 1. The molecule has 1 saturated heterocycles. The summed E-state index contributed by atoms with van der Waals surface area (Å²) in [5, 5.41) is 11.9. The number of rotatable bonds is 4. The van der Waals surface area contributed by atoms with Gasteiger partial charge in [-0.3, -0.25) is 9.69 Å². The number of urea groups is 1. The molecule has 3 amide bonds. The van der Waals surface area contributed by atoms with Crippen LogP contribution in [-0.4, -0.2) is 40.6 Å². The average Bonchev–Trinajstić information content (AvgIpc) is 2.58. The maximum absolute atomic E-state index is 12.0. The lowest BCUT2D eigenvalue weighted by atomic mass is 10.1. The maximum Gasteiger partial charge on any atom is 0.324 e. The van der Waals surface area contributed by atoms with E-state index in [2.05, 4.69) is 5.32 Å². The van der Waals surface area contributed by atoms with Crippen LogP contribution in [0.1, 0.15) is 12.5 Å². The molecule has 0 bridgehead atoms.